The quantitative estimate of drug-likeness (QED) is 0.318. The van der Waals surface area contributed by atoms with E-state index in [4.69, 9.17) is 32.4 Å². The summed E-state index contributed by atoms with van der Waals surface area (Å²) in [6.07, 6.45) is 0. The van der Waals surface area contributed by atoms with Crippen LogP contribution in [-0.2, 0) is 6.61 Å². The van der Waals surface area contributed by atoms with Crippen LogP contribution in [0.2, 0.25) is 10.0 Å². The van der Waals surface area contributed by atoms with Crippen molar-refractivity contribution in [2.45, 2.75) is 13.2 Å². The molecule has 31 heavy (non-hydrogen) atoms. The number of nitrogens with zero attached hydrogens (tertiary/aromatic N) is 1. The SMILES string of the molecule is O=C(Nc1nc2ccc(OC(F)F)cc2s1)c1ccc(COc2ccc(Cl)cc2Cl)o1. The monoisotopic (exact) mass is 484 g/mol. The first-order valence-corrected chi connectivity index (χ1v) is 10.3. The Balaban J connectivity index is 1.40. The van der Waals surface area contributed by atoms with Gasteiger partial charge >= 0.3 is 6.61 Å². The summed E-state index contributed by atoms with van der Waals surface area (Å²) in [5.74, 6) is 0.397. The molecule has 0 aliphatic carbocycles. The molecule has 2 aromatic heterocycles. The van der Waals surface area contributed by atoms with Gasteiger partial charge in [-0.2, -0.15) is 8.78 Å². The van der Waals surface area contributed by atoms with E-state index >= 15 is 0 Å². The second-order valence-electron chi connectivity index (χ2n) is 6.11. The Hall–Kier alpha value is -2.88. The van der Waals surface area contributed by atoms with Crippen molar-refractivity contribution in [3.63, 3.8) is 0 Å². The Kier molecular flexibility index (Phi) is 6.26. The highest BCUT2D eigenvalue weighted by Gasteiger charge is 2.15. The molecule has 0 spiro atoms. The summed E-state index contributed by atoms with van der Waals surface area (Å²) in [6.45, 7) is -2.86. The van der Waals surface area contributed by atoms with Crippen molar-refractivity contribution in [1.82, 2.24) is 4.98 Å². The van der Waals surface area contributed by atoms with Crippen LogP contribution in [0.25, 0.3) is 10.2 Å². The van der Waals surface area contributed by atoms with Crippen molar-refractivity contribution < 1.29 is 27.5 Å². The maximum Gasteiger partial charge on any atom is 0.387 e. The van der Waals surface area contributed by atoms with Crippen molar-refractivity contribution in [3.05, 3.63) is 70.1 Å². The van der Waals surface area contributed by atoms with E-state index in [1.807, 2.05) is 0 Å². The molecular formula is C20H12Cl2F2N2O4S. The van der Waals surface area contributed by atoms with Gasteiger partial charge in [0.15, 0.2) is 10.9 Å². The van der Waals surface area contributed by atoms with E-state index in [0.29, 0.717) is 31.8 Å². The number of hydrogen-bond acceptors (Lipinski definition) is 6. The largest absolute Gasteiger partial charge is 0.484 e. The molecule has 4 aromatic rings. The molecular weight excluding hydrogens is 473 g/mol. The molecule has 1 amide bonds. The van der Waals surface area contributed by atoms with Gasteiger partial charge in [0.2, 0.25) is 0 Å². The number of fused-ring (bicyclic) bond motifs is 1. The van der Waals surface area contributed by atoms with Gasteiger partial charge in [-0.25, -0.2) is 4.98 Å². The van der Waals surface area contributed by atoms with Crippen LogP contribution in [-0.4, -0.2) is 17.5 Å². The van der Waals surface area contributed by atoms with Crippen molar-refractivity contribution in [2.75, 3.05) is 5.32 Å². The molecule has 0 unspecified atom stereocenters. The third-order valence-electron chi connectivity index (χ3n) is 3.95. The van der Waals surface area contributed by atoms with Gasteiger partial charge in [-0.3, -0.25) is 10.1 Å². The number of anilines is 1. The molecule has 2 heterocycles. The number of halogens is 4. The van der Waals surface area contributed by atoms with Gasteiger partial charge in [0.25, 0.3) is 5.91 Å². The summed E-state index contributed by atoms with van der Waals surface area (Å²) in [4.78, 5) is 16.7. The second-order valence-corrected chi connectivity index (χ2v) is 7.98. The number of hydrogen-bond donors (Lipinski definition) is 1. The molecule has 0 atom stereocenters. The predicted octanol–water partition coefficient (Wildman–Crippen LogP) is 6.63. The lowest BCUT2D eigenvalue weighted by Gasteiger charge is -2.06. The van der Waals surface area contributed by atoms with Gasteiger partial charge in [0.1, 0.15) is 23.9 Å². The van der Waals surface area contributed by atoms with Crippen LogP contribution >= 0.6 is 34.5 Å². The summed E-state index contributed by atoms with van der Waals surface area (Å²) >= 11 is 13.0. The number of carbonyl (C=O) groups excluding carboxylic acids is 1. The van der Waals surface area contributed by atoms with E-state index in [-0.39, 0.29) is 23.2 Å². The number of benzene rings is 2. The summed E-state index contributed by atoms with van der Waals surface area (Å²) in [7, 11) is 0. The Morgan fingerprint density at radius 2 is 2.00 bits per heavy atom. The Labute approximate surface area is 188 Å². The molecule has 0 fully saturated rings. The molecule has 0 saturated heterocycles. The van der Waals surface area contributed by atoms with Crippen molar-refractivity contribution in [2.24, 2.45) is 0 Å². The second kappa shape index (κ2) is 9.09. The minimum atomic E-state index is -2.92. The fraction of sp³-hybridized carbons (Fsp3) is 0.100. The van der Waals surface area contributed by atoms with Gasteiger partial charge in [0.05, 0.1) is 15.2 Å². The topological polar surface area (TPSA) is 73.6 Å². The summed E-state index contributed by atoms with van der Waals surface area (Å²) in [5, 5.41) is 3.75. The highest BCUT2D eigenvalue weighted by Crippen LogP contribution is 2.31. The highest BCUT2D eigenvalue weighted by molar-refractivity contribution is 7.22. The molecule has 11 heteroatoms. The van der Waals surface area contributed by atoms with E-state index in [0.717, 1.165) is 11.3 Å². The highest BCUT2D eigenvalue weighted by atomic mass is 35.5. The average Bonchev–Trinajstić information content (AvgIpc) is 3.33. The maximum absolute atomic E-state index is 12.4. The fourth-order valence-electron chi connectivity index (χ4n) is 2.61. The zero-order chi connectivity index (χ0) is 22.0. The van der Waals surface area contributed by atoms with Crippen LogP contribution in [0, 0.1) is 0 Å². The van der Waals surface area contributed by atoms with Crippen molar-refractivity contribution in [3.8, 4) is 11.5 Å². The third-order valence-corrected chi connectivity index (χ3v) is 5.42. The lowest BCUT2D eigenvalue weighted by molar-refractivity contribution is -0.0497. The van der Waals surface area contributed by atoms with Gasteiger partial charge in [0, 0.05) is 5.02 Å². The van der Waals surface area contributed by atoms with E-state index in [2.05, 4.69) is 15.0 Å². The first-order valence-electron chi connectivity index (χ1n) is 8.71. The third kappa shape index (κ3) is 5.25. The molecule has 160 valence electrons. The summed E-state index contributed by atoms with van der Waals surface area (Å²) < 4.78 is 40.7. The van der Waals surface area contributed by atoms with Crippen LogP contribution in [0.15, 0.2) is 52.9 Å². The average molecular weight is 485 g/mol. The number of aromatic nitrogens is 1. The van der Waals surface area contributed by atoms with Crippen LogP contribution in [0.1, 0.15) is 16.3 Å². The minimum absolute atomic E-state index is 0.0143. The van der Waals surface area contributed by atoms with Crippen molar-refractivity contribution >= 4 is 55.8 Å². The minimum Gasteiger partial charge on any atom is -0.484 e. The van der Waals surface area contributed by atoms with Crippen LogP contribution in [0.5, 0.6) is 11.5 Å². The number of furan rings is 1. The molecule has 0 bridgehead atoms. The van der Waals surface area contributed by atoms with Gasteiger partial charge in [-0.15, -0.1) is 0 Å². The molecule has 0 aliphatic rings. The molecule has 6 nitrogen and oxygen atoms in total. The fourth-order valence-corrected chi connectivity index (χ4v) is 3.96. The zero-order valence-electron chi connectivity index (χ0n) is 15.4. The Bertz CT molecular complexity index is 1250. The lowest BCUT2D eigenvalue weighted by Crippen LogP contribution is -2.10. The number of alkyl halides is 2. The normalized spacial score (nSPS) is 11.1. The van der Waals surface area contributed by atoms with Crippen LogP contribution in [0.4, 0.5) is 13.9 Å². The smallest absolute Gasteiger partial charge is 0.387 e. The molecule has 0 saturated carbocycles. The number of carbonyl (C=O) groups is 1. The maximum atomic E-state index is 12.4. The molecule has 4 rings (SSSR count). The van der Waals surface area contributed by atoms with E-state index in [1.165, 1.54) is 24.3 Å². The molecule has 0 radical (unpaired) electrons. The Morgan fingerprint density at radius 3 is 2.77 bits per heavy atom. The number of rotatable bonds is 7. The summed E-state index contributed by atoms with van der Waals surface area (Å²) in [6, 6.07) is 12.3. The molecule has 1 N–H and O–H groups in total. The number of ether oxygens (including phenoxy) is 2. The Morgan fingerprint density at radius 1 is 1.16 bits per heavy atom. The lowest BCUT2D eigenvalue weighted by atomic mass is 10.3. The number of amides is 1. The standard InChI is InChI=1S/C20H12Cl2F2N2O4S/c21-10-1-5-15(13(22)7-10)28-9-12-3-6-16(29-12)18(27)26-20-25-14-4-2-11(30-19(23)24)8-17(14)31-20/h1-8,19H,9H2,(H,25,26,27). The number of nitrogens with one attached hydrogen (secondary N) is 1. The molecule has 2 aromatic carbocycles. The van der Waals surface area contributed by atoms with E-state index < -0.39 is 12.5 Å². The zero-order valence-corrected chi connectivity index (χ0v) is 17.7. The van der Waals surface area contributed by atoms with Gasteiger partial charge in [-0.1, -0.05) is 34.5 Å². The van der Waals surface area contributed by atoms with Crippen LogP contribution in [0.3, 0.4) is 0 Å². The van der Waals surface area contributed by atoms with E-state index in [9.17, 15) is 13.6 Å². The predicted molar refractivity (Wildman–Crippen MR) is 114 cm³/mol. The van der Waals surface area contributed by atoms with Gasteiger partial charge < -0.3 is 13.9 Å². The number of thiazole rings is 1. The van der Waals surface area contributed by atoms with Gasteiger partial charge in [-0.05, 0) is 48.5 Å². The first-order chi connectivity index (χ1) is 14.9. The molecule has 0 aliphatic heterocycles. The van der Waals surface area contributed by atoms with Crippen LogP contribution < -0.4 is 14.8 Å². The first kappa shape index (κ1) is 21.4. The van der Waals surface area contributed by atoms with Crippen molar-refractivity contribution in [1.29, 1.82) is 0 Å². The summed E-state index contributed by atoms with van der Waals surface area (Å²) in [5.41, 5.74) is 0.537. The van der Waals surface area contributed by atoms with E-state index in [1.54, 1.807) is 24.3 Å².